The number of benzene rings is 2. The lowest BCUT2D eigenvalue weighted by molar-refractivity contribution is 0.0460. The Hall–Kier alpha value is -3.32. The van der Waals surface area contributed by atoms with Gasteiger partial charge in [0.25, 0.3) is 0 Å². The summed E-state index contributed by atoms with van der Waals surface area (Å²) in [6.45, 7) is 1.69. The number of nitrogens with zero attached hydrogens (tertiary/aromatic N) is 2. The molecule has 2 heterocycles. The van der Waals surface area contributed by atoms with Crippen LogP contribution in [0.4, 0.5) is 4.39 Å². The molecule has 0 radical (unpaired) electrons. The Bertz CT molecular complexity index is 1100. The molecule has 0 bridgehead atoms. The van der Waals surface area contributed by atoms with Gasteiger partial charge in [-0.3, -0.25) is 0 Å². The lowest BCUT2D eigenvalue weighted by Crippen LogP contribution is -2.07. The Morgan fingerprint density at radius 1 is 1.07 bits per heavy atom. The van der Waals surface area contributed by atoms with Crippen LogP contribution in [0.2, 0.25) is 0 Å². The molecule has 0 amide bonds. The van der Waals surface area contributed by atoms with Crippen LogP contribution >= 0.6 is 11.3 Å². The molecule has 28 heavy (non-hydrogen) atoms. The molecule has 0 aliphatic heterocycles. The molecule has 2 aromatic carbocycles. The highest BCUT2D eigenvalue weighted by Gasteiger charge is 2.20. The van der Waals surface area contributed by atoms with Crippen LogP contribution in [0.5, 0.6) is 0 Å². The molecule has 0 saturated heterocycles. The number of carbonyl (C=O) groups excluding carboxylic acids is 1. The van der Waals surface area contributed by atoms with Crippen molar-refractivity contribution in [2.75, 3.05) is 0 Å². The SMILES string of the molecule is Cc1oc(-c2ccccc2)nc1C(=O)OCc1csc(-c2ccc(F)cc2)n1. The third-order valence-electron chi connectivity index (χ3n) is 4.00. The Kier molecular flexibility index (Phi) is 4.99. The van der Waals surface area contributed by atoms with Gasteiger partial charge in [0.1, 0.15) is 23.2 Å². The largest absolute Gasteiger partial charge is 0.454 e. The number of rotatable bonds is 5. The fourth-order valence-electron chi connectivity index (χ4n) is 2.60. The van der Waals surface area contributed by atoms with E-state index >= 15 is 0 Å². The van der Waals surface area contributed by atoms with E-state index in [0.29, 0.717) is 17.3 Å². The third-order valence-corrected chi connectivity index (χ3v) is 4.94. The zero-order chi connectivity index (χ0) is 19.5. The summed E-state index contributed by atoms with van der Waals surface area (Å²) in [4.78, 5) is 21.1. The molecule has 2 aromatic heterocycles. The average Bonchev–Trinajstić information content (AvgIpc) is 3.34. The molecule has 0 aliphatic rings. The number of aromatic nitrogens is 2. The maximum Gasteiger partial charge on any atom is 0.361 e. The van der Waals surface area contributed by atoms with Gasteiger partial charge in [-0.25, -0.2) is 19.2 Å². The summed E-state index contributed by atoms with van der Waals surface area (Å²) in [5.74, 6) is -0.0986. The summed E-state index contributed by atoms with van der Waals surface area (Å²) in [6.07, 6.45) is 0. The first-order valence-corrected chi connectivity index (χ1v) is 9.38. The molecule has 0 aliphatic carbocycles. The second kappa shape index (κ2) is 7.74. The molecule has 0 atom stereocenters. The number of esters is 1. The normalized spacial score (nSPS) is 10.8. The minimum Gasteiger partial charge on any atom is -0.454 e. The van der Waals surface area contributed by atoms with E-state index < -0.39 is 5.97 Å². The van der Waals surface area contributed by atoms with Crippen molar-refractivity contribution in [2.45, 2.75) is 13.5 Å². The van der Waals surface area contributed by atoms with Crippen LogP contribution in [0.15, 0.2) is 64.4 Å². The van der Waals surface area contributed by atoms with Gasteiger partial charge in [0, 0.05) is 16.5 Å². The number of ether oxygens (including phenoxy) is 1. The number of thiazole rings is 1. The quantitative estimate of drug-likeness (QED) is 0.432. The number of hydrogen-bond donors (Lipinski definition) is 0. The number of aryl methyl sites for hydroxylation is 1. The molecule has 140 valence electrons. The molecule has 0 unspecified atom stereocenters. The second-order valence-electron chi connectivity index (χ2n) is 6.02. The minimum absolute atomic E-state index is 0.0174. The fourth-order valence-corrected chi connectivity index (χ4v) is 3.41. The average molecular weight is 394 g/mol. The smallest absolute Gasteiger partial charge is 0.361 e. The van der Waals surface area contributed by atoms with E-state index in [1.165, 1.54) is 23.5 Å². The maximum atomic E-state index is 13.0. The zero-order valence-corrected chi connectivity index (χ0v) is 15.7. The number of carbonyl (C=O) groups is 1. The van der Waals surface area contributed by atoms with E-state index in [-0.39, 0.29) is 18.1 Å². The molecule has 0 spiro atoms. The molecule has 5 nitrogen and oxygen atoms in total. The molecule has 0 fully saturated rings. The van der Waals surface area contributed by atoms with Crippen LogP contribution in [0.1, 0.15) is 21.9 Å². The third kappa shape index (κ3) is 3.84. The van der Waals surface area contributed by atoms with E-state index in [0.717, 1.165) is 16.1 Å². The first-order chi connectivity index (χ1) is 13.6. The summed E-state index contributed by atoms with van der Waals surface area (Å²) in [5, 5.41) is 2.53. The van der Waals surface area contributed by atoms with Crippen molar-refractivity contribution in [1.29, 1.82) is 0 Å². The molecular formula is C21H15FN2O3S. The summed E-state index contributed by atoms with van der Waals surface area (Å²) >= 11 is 1.40. The summed E-state index contributed by atoms with van der Waals surface area (Å²) < 4.78 is 24.0. The highest BCUT2D eigenvalue weighted by atomic mass is 32.1. The summed E-state index contributed by atoms with van der Waals surface area (Å²) in [5.41, 5.74) is 2.35. The van der Waals surface area contributed by atoms with Crippen LogP contribution in [0.25, 0.3) is 22.0 Å². The van der Waals surface area contributed by atoms with E-state index in [1.54, 1.807) is 24.4 Å². The topological polar surface area (TPSA) is 65.2 Å². The van der Waals surface area contributed by atoms with Crippen LogP contribution in [0.3, 0.4) is 0 Å². The summed E-state index contributed by atoms with van der Waals surface area (Å²) in [6, 6.07) is 15.4. The van der Waals surface area contributed by atoms with Crippen molar-refractivity contribution < 1.29 is 18.3 Å². The molecule has 0 N–H and O–H groups in total. The van der Waals surface area contributed by atoms with Crippen LogP contribution in [-0.4, -0.2) is 15.9 Å². The highest BCUT2D eigenvalue weighted by molar-refractivity contribution is 7.13. The first-order valence-electron chi connectivity index (χ1n) is 8.50. The van der Waals surface area contributed by atoms with E-state index in [1.807, 2.05) is 30.3 Å². The number of halogens is 1. The van der Waals surface area contributed by atoms with Crippen molar-refractivity contribution in [2.24, 2.45) is 0 Å². The fraction of sp³-hybridized carbons (Fsp3) is 0.0952. The minimum atomic E-state index is -0.570. The van der Waals surface area contributed by atoms with Crippen molar-refractivity contribution in [3.8, 4) is 22.0 Å². The van der Waals surface area contributed by atoms with Gasteiger partial charge >= 0.3 is 5.97 Å². The lowest BCUT2D eigenvalue weighted by Gasteiger charge is -2.00. The number of hydrogen-bond acceptors (Lipinski definition) is 6. The highest BCUT2D eigenvalue weighted by Crippen LogP contribution is 2.25. The van der Waals surface area contributed by atoms with Gasteiger partial charge in [-0.05, 0) is 43.3 Å². The van der Waals surface area contributed by atoms with E-state index in [4.69, 9.17) is 9.15 Å². The van der Waals surface area contributed by atoms with Crippen molar-refractivity contribution in [1.82, 2.24) is 9.97 Å². The molecule has 7 heteroatoms. The Morgan fingerprint density at radius 3 is 2.57 bits per heavy atom. The first kappa shape index (κ1) is 18.1. The standard InChI is InChI=1S/C21H15FN2O3S/c1-13-18(24-19(27-13)14-5-3-2-4-6-14)21(25)26-11-17-12-28-20(23-17)15-7-9-16(22)10-8-15/h2-10,12H,11H2,1H3. The molecule has 4 rings (SSSR count). The summed E-state index contributed by atoms with van der Waals surface area (Å²) in [7, 11) is 0. The second-order valence-corrected chi connectivity index (χ2v) is 6.87. The van der Waals surface area contributed by atoms with Crippen LogP contribution in [0, 0.1) is 12.7 Å². The maximum absolute atomic E-state index is 13.0. The van der Waals surface area contributed by atoms with Gasteiger partial charge < -0.3 is 9.15 Å². The van der Waals surface area contributed by atoms with Crippen LogP contribution in [-0.2, 0) is 11.3 Å². The van der Waals surface area contributed by atoms with E-state index in [2.05, 4.69) is 9.97 Å². The van der Waals surface area contributed by atoms with E-state index in [9.17, 15) is 9.18 Å². The van der Waals surface area contributed by atoms with Gasteiger partial charge in [0.05, 0.1) is 5.69 Å². The van der Waals surface area contributed by atoms with Gasteiger partial charge in [0.2, 0.25) is 5.89 Å². The van der Waals surface area contributed by atoms with Crippen molar-refractivity contribution in [3.05, 3.63) is 82.9 Å². The Labute approximate surface area is 164 Å². The lowest BCUT2D eigenvalue weighted by atomic mass is 10.2. The Balaban J connectivity index is 1.44. The number of oxazole rings is 1. The van der Waals surface area contributed by atoms with Gasteiger partial charge in [-0.2, -0.15) is 0 Å². The zero-order valence-electron chi connectivity index (χ0n) is 14.9. The predicted molar refractivity (Wildman–Crippen MR) is 103 cm³/mol. The van der Waals surface area contributed by atoms with Crippen molar-refractivity contribution in [3.63, 3.8) is 0 Å². The monoisotopic (exact) mass is 394 g/mol. The van der Waals surface area contributed by atoms with Gasteiger partial charge in [-0.1, -0.05) is 18.2 Å². The van der Waals surface area contributed by atoms with Crippen molar-refractivity contribution >= 4 is 17.3 Å². The molecule has 4 aromatic rings. The Morgan fingerprint density at radius 2 is 1.82 bits per heavy atom. The predicted octanol–water partition coefficient (Wildman–Crippen LogP) is 5.27. The van der Waals surface area contributed by atoms with Crippen LogP contribution < -0.4 is 0 Å². The van der Waals surface area contributed by atoms with Gasteiger partial charge in [0.15, 0.2) is 5.69 Å². The van der Waals surface area contributed by atoms with Gasteiger partial charge in [-0.15, -0.1) is 11.3 Å². The molecular weight excluding hydrogens is 379 g/mol. The molecule has 0 saturated carbocycles.